The molecular weight excluding hydrogens is 324 g/mol. The molecule has 0 radical (unpaired) electrons. The summed E-state index contributed by atoms with van der Waals surface area (Å²) in [5.74, 6) is 0. The Hall–Kier alpha value is -1.47. The molecule has 5 nitrogen and oxygen atoms in total. The fraction of sp³-hybridized carbons (Fsp3) is 0.444. The Morgan fingerprint density at radius 1 is 0.917 bits per heavy atom. The Labute approximate surface area is 143 Å². The molecule has 0 amide bonds. The zero-order valence-corrected chi connectivity index (χ0v) is 14.6. The number of fused-ring (bicyclic) bond motifs is 1. The van der Waals surface area contributed by atoms with E-state index in [9.17, 15) is 8.42 Å². The molecule has 1 N–H and O–H groups in total. The maximum Gasteiger partial charge on any atom is 0.243 e. The van der Waals surface area contributed by atoms with Gasteiger partial charge < -0.3 is 10.0 Å². The number of rotatable bonds is 6. The number of aliphatic hydroxyl groups is 1. The fourth-order valence-corrected chi connectivity index (χ4v) is 4.58. The van der Waals surface area contributed by atoms with Crippen molar-refractivity contribution in [1.82, 2.24) is 9.21 Å². The number of hydrogen-bond donors (Lipinski definition) is 1. The lowest BCUT2D eigenvalue weighted by atomic mass is 10.1. The van der Waals surface area contributed by atoms with Crippen LogP contribution >= 0.6 is 0 Å². The monoisotopic (exact) mass is 348 g/mol. The summed E-state index contributed by atoms with van der Waals surface area (Å²) in [6.07, 6.45) is 1.75. The van der Waals surface area contributed by atoms with Crippen LogP contribution in [0, 0.1) is 0 Å². The van der Waals surface area contributed by atoms with Gasteiger partial charge in [0.25, 0.3) is 0 Å². The summed E-state index contributed by atoms with van der Waals surface area (Å²) in [6, 6.07) is 13.1. The average molecular weight is 348 g/mol. The first-order valence-electron chi connectivity index (χ1n) is 8.43. The highest BCUT2D eigenvalue weighted by Crippen LogP contribution is 2.22. The minimum Gasteiger partial charge on any atom is -0.396 e. The molecule has 1 aliphatic rings. The van der Waals surface area contributed by atoms with Crippen LogP contribution in [0.1, 0.15) is 12.8 Å². The lowest BCUT2D eigenvalue weighted by Crippen LogP contribution is -2.48. The normalized spacial score (nSPS) is 17.4. The number of aliphatic hydroxyl groups excluding tert-OH is 1. The van der Waals surface area contributed by atoms with E-state index in [1.165, 1.54) is 0 Å². The molecule has 0 spiro atoms. The summed E-state index contributed by atoms with van der Waals surface area (Å²) in [7, 11) is -3.44. The topological polar surface area (TPSA) is 60.9 Å². The van der Waals surface area contributed by atoms with Crippen molar-refractivity contribution in [2.45, 2.75) is 17.7 Å². The van der Waals surface area contributed by atoms with Gasteiger partial charge in [-0.25, -0.2) is 8.42 Å². The third kappa shape index (κ3) is 3.78. The van der Waals surface area contributed by atoms with E-state index in [1.54, 1.807) is 16.4 Å². The molecule has 2 aromatic rings. The fourth-order valence-electron chi connectivity index (χ4n) is 3.12. The van der Waals surface area contributed by atoms with Crippen molar-refractivity contribution in [3.05, 3.63) is 42.5 Å². The highest BCUT2D eigenvalue weighted by molar-refractivity contribution is 7.89. The van der Waals surface area contributed by atoms with Gasteiger partial charge in [-0.05, 0) is 42.3 Å². The van der Waals surface area contributed by atoms with Gasteiger partial charge in [0.2, 0.25) is 10.0 Å². The number of unbranched alkanes of at least 4 members (excludes halogenated alkanes) is 1. The van der Waals surface area contributed by atoms with E-state index in [-0.39, 0.29) is 6.61 Å². The smallest absolute Gasteiger partial charge is 0.243 e. The van der Waals surface area contributed by atoms with Crippen LogP contribution in [-0.4, -0.2) is 62.1 Å². The molecule has 130 valence electrons. The molecule has 1 saturated heterocycles. The molecule has 0 bridgehead atoms. The number of hydrogen-bond acceptors (Lipinski definition) is 4. The molecule has 1 heterocycles. The van der Waals surface area contributed by atoms with Crippen LogP contribution in [0.4, 0.5) is 0 Å². The van der Waals surface area contributed by atoms with Gasteiger partial charge in [0.15, 0.2) is 0 Å². The van der Waals surface area contributed by atoms with E-state index in [1.807, 2.05) is 30.3 Å². The first-order chi connectivity index (χ1) is 11.6. The number of sulfonamides is 1. The van der Waals surface area contributed by atoms with Gasteiger partial charge in [-0.3, -0.25) is 0 Å². The Morgan fingerprint density at radius 3 is 2.33 bits per heavy atom. The van der Waals surface area contributed by atoms with Crippen molar-refractivity contribution in [3.63, 3.8) is 0 Å². The Kier molecular flexibility index (Phi) is 5.50. The van der Waals surface area contributed by atoms with Crippen molar-refractivity contribution in [1.29, 1.82) is 0 Å². The van der Waals surface area contributed by atoms with Crippen LogP contribution in [0.25, 0.3) is 10.8 Å². The molecule has 6 heteroatoms. The summed E-state index contributed by atoms with van der Waals surface area (Å²) in [4.78, 5) is 2.64. The lowest BCUT2D eigenvalue weighted by molar-refractivity contribution is 0.180. The Morgan fingerprint density at radius 2 is 1.62 bits per heavy atom. The van der Waals surface area contributed by atoms with Crippen molar-refractivity contribution >= 4 is 20.8 Å². The molecule has 0 saturated carbocycles. The van der Waals surface area contributed by atoms with Crippen LogP contribution in [0.5, 0.6) is 0 Å². The molecule has 0 atom stereocenters. The van der Waals surface area contributed by atoms with Crippen LogP contribution in [0.3, 0.4) is 0 Å². The van der Waals surface area contributed by atoms with Crippen LogP contribution in [-0.2, 0) is 10.0 Å². The highest BCUT2D eigenvalue weighted by atomic mass is 32.2. The second-order valence-electron chi connectivity index (χ2n) is 6.19. The van der Waals surface area contributed by atoms with Gasteiger partial charge >= 0.3 is 0 Å². The molecule has 0 aliphatic carbocycles. The first kappa shape index (κ1) is 17.4. The van der Waals surface area contributed by atoms with Crippen molar-refractivity contribution in [2.75, 3.05) is 39.3 Å². The predicted octanol–water partition coefficient (Wildman–Crippen LogP) is 1.92. The van der Waals surface area contributed by atoms with Crippen LogP contribution < -0.4 is 0 Å². The predicted molar refractivity (Wildman–Crippen MR) is 95.5 cm³/mol. The zero-order valence-electron chi connectivity index (χ0n) is 13.8. The molecule has 2 aromatic carbocycles. The molecular formula is C18H24N2O3S. The van der Waals surface area contributed by atoms with Crippen LogP contribution in [0.15, 0.2) is 47.4 Å². The number of nitrogens with zero attached hydrogens (tertiary/aromatic N) is 2. The van der Waals surface area contributed by atoms with Gasteiger partial charge in [-0.2, -0.15) is 4.31 Å². The minimum atomic E-state index is -3.44. The summed E-state index contributed by atoms with van der Waals surface area (Å²) >= 11 is 0. The molecule has 1 fully saturated rings. The Balaban J connectivity index is 1.69. The lowest BCUT2D eigenvalue weighted by Gasteiger charge is -2.34. The number of piperazine rings is 1. The summed E-state index contributed by atoms with van der Waals surface area (Å²) in [5.41, 5.74) is 0. The van der Waals surface area contributed by atoms with Gasteiger partial charge in [0, 0.05) is 32.8 Å². The van der Waals surface area contributed by atoms with Gasteiger partial charge in [0.05, 0.1) is 4.90 Å². The van der Waals surface area contributed by atoms with Gasteiger partial charge in [0.1, 0.15) is 0 Å². The van der Waals surface area contributed by atoms with Gasteiger partial charge in [-0.15, -0.1) is 0 Å². The summed E-state index contributed by atoms with van der Waals surface area (Å²) < 4.78 is 27.3. The summed E-state index contributed by atoms with van der Waals surface area (Å²) in [5, 5.41) is 10.8. The second kappa shape index (κ2) is 7.61. The van der Waals surface area contributed by atoms with E-state index < -0.39 is 10.0 Å². The molecule has 0 aromatic heterocycles. The standard InChI is InChI=1S/C18H24N2O3S/c21-14-4-3-9-19-10-12-20(13-11-19)24(22,23)18-8-7-16-5-1-2-6-17(16)15-18/h1-2,5-8,15,21H,3-4,9-14H2. The molecule has 3 rings (SSSR count). The van der Waals surface area contributed by atoms with Crippen molar-refractivity contribution < 1.29 is 13.5 Å². The van der Waals surface area contributed by atoms with Crippen LogP contribution in [0.2, 0.25) is 0 Å². The van der Waals surface area contributed by atoms with E-state index in [0.29, 0.717) is 18.0 Å². The Bertz CT molecular complexity index is 784. The quantitative estimate of drug-likeness (QED) is 0.810. The number of benzene rings is 2. The SMILES string of the molecule is O=S(=O)(c1ccc2ccccc2c1)N1CCN(CCCCO)CC1. The van der Waals surface area contributed by atoms with E-state index in [4.69, 9.17) is 5.11 Å². The second-order valence-corrected chi connectivity index (χ2v) is 8.12. The third-order valence-electron chi connectivity index (χ3n) is 4.57. The molecule has 1 aliphatic heterocycles. The average Bonchev–Trinajstić information content (AvgIpc) is 2.62. The van der Waals surface area contributed by atoms with Crippen molar-refractivity contribution in [2.24, 2.45) is 0 Å². The van der Waals surface area contributed by atoms with Gasteiger partial charge in [-0.1, -0.05) is 30.3 Å². The molecule has 0 unspecified atom stereocenters. The highest BCUT2D eigenvalue weighted by Gasteiger charge is 2.28. The largest absolute Gasteiger partial charge is 0.396 e. The van der Waals surface area contributed by atoms with E-state index in [0.717, 1.165) is 43.2 Å². The summed E-state index contributed by atoms with van der Waals surface area (Å²) in [6.45, 7) is 3.68. The first-order valence-corrected chi connectivity index (χ1v) is 9.87. The third-order valence-corrected chi connectivity index (χ3v) is 6.47. The zero-order chi connectivity index (χ0) is 17.0. The van der Waals surface area contributed by atoms with Crippen molar-refractivity contribution in [3.8, 4) is 0 Å². The maximum absolute atomic E-state index is 12.9. The maximum atomic E-state index is 12.9. The van der Waals surface area contributed by atoms with E-state index in [2.05, 4.69) is 4.90 Å². The minimum absolute atomic E-state index is 0.219. The molecule has 24 heavy (non-hydrogen) atoms. The van der Waals surface area contributed by atoms with E-state index >= 15 is 0 Å².